The Balaban J connectivity index is 1.05. The molecule has 3 heterocycles. The molecule has 10 heteroatoms. The fourth-order valence-electron chi connectivity index (χ4n) is 5.37. The van der Waals surface area contributed by atoms with Crippen LogP contribution in [0.5, 0.6) is 5.75 Å². The molecule has 5 rings (SSSR count). The fraction of sp³-hybridized carbons (Fsp3) is 0.400. The number of hydrogen-bond donors (Lipinski definition) is 1. The molecule has 1 N–H and O–H groups in total. The van der Waals surface area contributed by atoms with Crippen LogP contribution in [0.3, 0.4) is 0 Å². The summed E-state index contributed by atoms with van der Waals surface area (Å²) in [5, 5.41) is 3.33. The van der Waals surface area contributed by atoms with Gasteiger partial charge in [0.15, 0.2) is 0 Å². The van der Waals surface area contributed by atoms with Gasteiger partial charge in [0.1, 0.15) is 24.0 Å². The number of pyridine rings is 1. The third-order valence-electron chi connectivity index (χ3n) is 7.58. The first-order valence-corrected chi connectivity index (χ1v) is 14.9. The van der Waals surface area contributed by atoms with Crippen molar-refractivity contribution in [3.8, 4) is 5.75 Å². The Hall–Kier alpha value is -2.72. The van der Waals surface area contributed by atoms with Crippen molar-refractivity contribution in [3.05, 3.63) is 87.2 Å². The van der Waals surface area contributed by atoms with Crippen LogP contribution in [0.1, 0.15) is 28.8 Å². The second-order valence-electron chi connectivity index (χ2n) is 10.2. The Labute approximate surface area is 248 Å². The Morgan fingerprint density at radius 3 is 2.50 bits per heavy atom. The lowest BCUT2D eigenvalue weighted by atomic mass is 10.0. The topological polar surface area (TPSA) is 60.9 Å². The minimum atomic E-state index is -0.225. The Bertz CT molecular complexity index is 1280. The summed E-state index contributed by atoms with van der Waals surface area (Å²) in [6.45, 7) is 6.89. The number of anilines is 1. The van der Waals surface area contributed by atoms with E-state index in [0.29, 0.717) is 36.3 Å². The molecule has 2 aromatic carbocycles. The summed E-state index contributed by atoms with van der Waals surface area (Å²) in [5.41, 5.74) is 1.18. The number of amides is 1. The predicted molar refractivity (Wildman–Crippen MR) is 160 cm³/mol. The van der Waals surface area contributed by atoms with Crippen molar-refractivity contribution < 1.29 is 13.9 Å². The molecule has 0 unspecified atom stereocenters. The van der Waals surface area contributed by atoms with Crippen LogP contribution in [0.4, 0.5) is 10.2 Å². The number of hydrogen-bond acceptors (Lipinski definition) is 6. The number of aromatic nitrogens is 1. The zero-order chi connectivity index (χ0) is 27.9. The lowest BCUT2D eigenvalue weighted by Gasteiger charge is -2.43. The summed E-state index contributed by atoms with van der Waals surface area (Å²) in [6, 6.07) is 17.0. The third-order valence-corrected chi connectivity index (χ3v) is 8.35. The Morgan fingerprint density at radius 2 is 1.80 bits per heavy atom. The van der Waals surface area contributed by atoms with Gasteiger partial charge in [0, 0.05) is 55.0 Å². The zero-order valence-electron chi connectivity index (χ0n) is 22.4. The number of carbonyl (C=O) groups is 1. The van der Waals surface area contributed by atoms with E-state index in [2.05, 4.69) is 40.9 Å². The van der Waals surface area contributed by atoms with E-state index in [0.717, 1.165) is 73.7 Å². The van der Waals surface area contributed by atoms with Crippen LogP contribution in [0.15, 0.2) is 65.3 Å². The second kappa shape index (κ2) is 13.8. The molecule has 2 aliphatic rings. The van der Waals surface area contributed by atoms with Gasteiger partial charge in [0.05, 0.1) is 17.1 Å². The highest BCUT2D eigenvalue weighted by atomic mass is 79.9. The second-order valence-corrected chi connectivity index (χ2v) is 11.5. The molecule has 2 saturated heterocycles. The van der Waals surface area contributed by atoms with Crippen molar-refractivity contribution in [1.82, 2.24) is 20.1 Å². The SMILES string of the molecule is O=C(NCCOc1ccccc1)c1cnc(N2CCN(C3CCN(Cc4ccc(Br)cc4F)CC3)CC2)c(Cl)c1. The van der Waals surface area contributed by atoms with Gasteiger partial charge in [-0.2, -0.15) is 0 Å². The quantitative estimate of drug-likeness (QED) is 0.327. The highest BCUT2D eigenvalue weighted by Gasteiger charge is 2.29. The van der Waals surface area contributed by atoms with Crippen molar-refractivity contribution in [2.75, 3.05) is 57.3 Å². The van der Waals surface area contributed by atoms with Crippen LogP contribution in [0.2, 0.25) is 5.02 Å². The van der Waals surface area contributed by atoms with Crippen molar-refractivity contribution in [1.29, 1.82) is 0 Å². The predicted octanol–water partition coefficient (Wildman–Crippen LogP) is 5.23. The first kappa shape index (κ1) is 28.8. The molecule has 3 aromatic rings. The number of carbonyl (C=O) groups excluding carboxylic acids is 1. The van der Waals surface area contributed by atoms with E-state index < -0.39 is 0 Å². The Kier molecular flexibility index (Phi) is 9.91. The number of piperidine rings is 1. The van der Waals surface area contributed by atoms with Crippen LogP contribution >= 0.6 is 27.5 Å². The highest BCUT2D eigenvalue weighted by molar-refractivity contribution is 9.10. The molecule has 7 nitrogen and oxygen atoms in total. The minimum absolute atomic E-state index is 0.151. The third kappa shape index (κ3) is 7.51. The van der Waals surface area contributed by atoms with Crippen molar-refractivity contribution in [2.45, 2.75) is 25.4 Å². The molecule has 0 spiro atoms. The van der Waals surface area contributed by atoms with Gasteiger partial charge in [0.25, 0.3) is 5.91 Å². The van der Waals surface area contributed by atoms with Gasteiger partial charge in [0.2, 0.25) is 0 Å². The molecule has 0 saturated carbocycles. The molecular weight excluding hydrogens is 597 g/mol. The number of piperazine rings is 1. The maximum Gasteiger partial charge on any atom is 0.253 e. The summed E-state index contributed by atoms with van der Waals surface area (Å²) in [4.78, 5) is 24.2. The van der Waals surface area contributed by atoms with E-state index in [9.17, 15) is 9.18 Å². The molecular formula is C30H34BrClFN5O2. The van der Waals surface area contributed by atoms with Crippen molar-refractivity contribution >= 4 is 39.3 Å². The Morgan fingerprint density at radius 1 is 1.05 bits per heavy atom. The fourth-order valence-corrected chi connectivity index (χ4v) is 5.99. The van der Waals surface area contributed by atoms with Gasteiger partial charge in [-0.05, 0) is 56.3 Å². The molecule has 0 radical (unpaired) electrons. The van der Waals surface area contributed by atoms with Crippen LogP contribution in [0, 0.1) is 5.82 Å². The van der Waals surface area contributed by atoms with E-state index in [-0.39, 0.29) is 11.7 Å². The van der Waals surface area contributed by atoms with E-state index in [4.69, 9.17) is 16.3 Å². The lowest BCUT2D eigenvalue weighted by Crippen LogP contribution is -2.53. The molecule has 1 amide bonds. The number of nitrogens with one attached hydrogen (secondary N) is 1. The monoisotopic (exact) mass is 629 g/mol. The zero-order valence-corrected chi connectivity index (χ0v) is 24.7. The van der Waals surface area contributed by atoms with Gasteiger partial charge in [-0.3, -0.25) is 14.6 Å². The number of ether oxygens (including phenoxy) is 1. The molecule has 0 bridgehead atoms. The van der Waals surface area contributed by atoms with Gasteiger partial charge in [-0.1, -0.05) is 51.8 Å². The summed E-state index contributed by atoms with van der Waals surface area (Å²) in [7, 11) is 0. The normalized spacial score (nSPS) is 17.1. The summed E-state index contributed by atoms with van der Waals surface area (Å²) in [5.74, 6) is 1.11. The lowest BCUT2D eigenvalue weighted by molar-refractivity contribution is 0.0946. The van der Waals surface area contributed by atoms with Gasteiger partial charge >= 0.3 is 0 Å². The maximum atomic E-state index is 14.2. The van der Waals surface area contributed by atoms with E-state index >= 15 is 0 Å². The van der Waals surface area contributed by atoms with Crippen LogP contribution < -0.4 is 15.0 Å². The number of nitrogens with zero attached hydrogens (tertiary/aromatic N) is 4. The molecule has 0 atom stereocenters. The standard InChI is InChI=1S/C30H34BrClFN5O2/c31-24-7-6-22(28(33)19-24)21-36-11-8-25(9-12-36)37-13-15-38(16-14-37)29-27(32)18-23(20-35-29)30(39)34-10-17-40-26-4-2-1-3-5-26/h1-7,18-20,25H,8-17,21H2,(H,34,39). The largest absolute Gasteiger partial charge is 0.492 e. The van der Waals surface area contributed by atoms with Crippen LogP contribution in [-0.2, 0) is 6.54 Å². The smallest absolute Gasteiger partial charge is 0.253 e. The van der Waals surface area contributed by atoms with E-state index in [1.54, 1.807) is 12.3 Å². The number of benzene rings is 2. The van der Waals surface area contributed by atoms with Crippen molar-refractivity contribution in [2.24, 2.45) is 0 Å². The summed E-state index contributed by atoms with van der Waals surface area (Å²) >= 11 is 9.91. The molecule has 2 aliphatic heterocycles. The molecule has 212 valence electrons. The number of rotatable bonds is 9. The minimum Gasteiger partial charge on any atom is -0.492 e. The molecule has 0 aliphatic carbocycles. The van der Waals surface area contributed by atoms with Crippen LogP contribution in [-0.4, -0.2) is 79.2 Å². The average Bonchev–Trinajstić information content (AvgIpc) is 2.98. The summed E-state index contributed by atoms with van der Waals surface area (Å²) in [6.07, 6.45) is 3.75. The molecule has 2 fully saturated rings. The number of halogens is 3. The van der Waals surface area contributed by atoms with Gasteiger partial charge in [-0.15, -0.1) is 0 Å². The van der Waals surface area contributed by atoms with Crippen LogP contribution in [0.25, 0.3) is 0 Å². The van der Waals surface area contributed by atoms with E-state index in [1.165, 1.54) is 6.07 Å². The average molecular weight is 631 g/mol. The number of para-hydroxylation sites is 1. The first-order chi connectivity index (χ1) is 19.5. The van der Waals surface area contributed by atoms with Gasteiger partial charge in [-0.25, -0.2) is 9.37 Å². The highest BCUT2D eigenvalue weighted by Crippen LogP contribution is 2.27. The first-order valence-electron chi connectivity index (χ1n) is 13.7. The van der Waals surface area contributed by atoms with Crippen molar-refractivity contribution in [3.63, 3.8) is 0 Å². The maximum absolute atomic E-state index is 14.2. The number of likely N-dealkylation sites (tertiary alicyclic amines) is 1. The summed E-state index contributed by atoms with van der Waals surface area (Å²) < 4.78 is 20.6. The van der Waals surface area contributed by atoms with E-state index in [1.807, 2.05) is 42.5 Å². The molecule has 40 heavy (non-hydrogen) atoms. The molecule has 1 aromatic heterocycles. The van der Waals surface area contributed by atoms with Gasteiger partial charge < -0.3 is 15.0 Å².